The monoisotopic (exact) mass is 301 g/mol. The smallest absolute Gasteiger partial charge is 0.331 e. The van der Waals surface area contributed by atoms with Gasteiger partial charge in [-0.2, -0.15) is 0 Å². The maximum absolute atomic E-state index is 12.2. The lowest BCUT2D eigenvalue weighted by atomic mass is 10.1. The maximum atomic E-state index is 12.2. The van der Waals surface area contributed by atoms with E-state index in [1.807, 2.05) is 30.3 Å². The summed E-state index contributed by atoms with van der Waals surface area (Å²) in [7, 11) is 0. The van der Waals surface area contributed by atoms with Crippen LogP contribution in [0.5, 0.6) is 0 Å². The van der Waals surface area contributed by atoms with E-state index < -0.39 is 12.0 Å². The SMILES string of the molecule is O=C(O)C(NC(=O)C1CC1c1ccccc1)c1cccs1. The van der Waals surface area contributed by atoms with Gasteiger partial charge < -0.3 is 10.4 Å². The summed E-state index contributed by atoms with van der Waals surface area (Å²) >= 11 is 1.34. The van der Waals surface area contributed by atoms with E-state index in [0.29, 0.717) is 4.88 Å². The van der Waals surface area contributed by atoms with Gasteiger partial charge in [0.2, 0.25) is 5.91 Å². The largest absolute Gasteiger partial charge is 0.479 e. The zero-order valence-corrected chi connectivity index (χ0v) is 12.0. The molecule has 108 valence electrons. The fraction of sp³-hybridized carbons (Fsp3) is 0.250. The molecule has 1 aromatic carbocycles. The summed E-state index contributed by atoms with van der Waals surface area (Å²) < 4.78 is 0. The lowest BCUT2D eigenvalue weighted by molar-refractivity contribution is -0.142. The number of carboxylic acids is 1. The van der Waals surface area contributed by atoms with Crippen molar-refractivity contribution in [2.24, 2.45) is 5.92 Å². The fourth-order valence-electron chi connectivity index (χ4n) is 2.51. The van der Waals surface area contributed by atoms with Crippen molar-refractivity contribution in [3.8, 4) is 0 Å². The van der Waals surface area contributed by atoms with Crippen molar-refractivity contribution in [3.63, 3.8) is 0 Å². The molecule has 1 amide bonds. The lowest BCUT2D eigenvalue weighted by Gasteiger charge is -2.13. The van der Waals surface area contributed by atoms with Crippen LogP contribution in [0.2, 0.25) is 0 Å². The Morgan fingerprint density at radius 1 is 1.19 bits per heavy atom. The van der Waals surface area contributed by atoms with E-state index in [2.05, 4.69) is 5.32 Å². The zero-order valence-electron chi connectivity index (χ0n) is 11.2. The summed E-state index contributed by atoms with van der Waals surface area (Å²) in [5.74, 6) is -1.11. The molecule has 0 saturated heterocycles. The van der Waals surface area contributed by atoms with E-state index in [1.165, 1.54) is 11.3 Å². The molecule has 1 heterocycles. The van der Waals surface area contributed by atoms with Gasteiger partial charge in [-0.05, 0) is 29.3 Å². The van der Waals surface area contributed by atoms with E-state index >= 15 is 0 Å². The molecule has 3 atom stereocenters. The number of carbonyl (C=O) groups excluding carboxylic acids is 1. The first-order valence-corrected chi connectivity index (χ1v) is 7.66. The molecule has 0 bridgehead atoms. The minimum atomic E-state index is -1.03. The number of hydrogen-bond acceptors (Lipinski definition) is 3. The number of carbonyl (C=O) groups is 2. The molecule has 0 spiro atoms. The number of benzene rings is 1. The van der Waals surface area contributed by atoms with Crippen LogP contribution in [0.15, 0.2) is 47.8 Å². The second kappa shape index (κ2) is 5.69. The Morgan fingerprint density at radius 3 is 2.57 bits per heavy atom. The van der Waals surface area contributed by atoms with Crippen LogP contribution in [-0.4, -0.2) is 17.0 Å². The molecule has 1 aliphatic carbocycles. The van der Waals surface area contributed by atoms with E-state index in [0.717, 1.165) is 12.0 Å². The van der Waals surface area contributed by atoms with Crippen LogP contribution in [0, 0.1) is 5.92 Å². The first-order chi connectivity index (χ1) is 10.2. The summed E-state index contributed by atoms with van der Waals surface area (Å²) in [6, 6.07) is 12.4. The normalized spacial score (nSPS) is 21.5. The summed E-state index contributed by atoms with van der Waals surface area (Å²) in [5, 5.41) is 13.7. The Hall–Kier alpha value is -2.14. The highest BCUT2D eigenvalue weighted by molar-refractivity contribution is 7.10. The molecular formula is C16H15NO3S. The average molecular weight is 301 g/mol. The Kier molecular flexibility index (Phi) is 3.75. The van der Waals surface area contributed by atoms with Crippen molar-refractivity contribution in [3.05, 3.63) is 58.3 Å². The predicted molar refractivity (Wildman–Crippen MR) is 80.1 cm³/mol. The molecule has 1 aromatic heterocycles. The first-order valence-electron chi connectivity index (χ1n) is 6.78. The highest BCUT2D eigenvalue weighted by Gasteiger charge is 2.44. The molecule has 3 unspecified atom stereocenters. The van der Waals surface area contributed by atoms with Crippen LogP contribution in [-0.2, 0) is 9.59 Å². The van der Waals surface area contributed by atoms with Crippen LogP contribution in [0.4, 0.5) is 0 Å². The van der Waals surface area contributed by atoms with Crippen molar-refractivity contribution < 1.29 is 14.7 Å². The molecule has 21 heavy (non-hydrogen) atoms. The number of amides is 1. The van der Waals surface area contributed by atoms with E-state index in [4.69, 9.17) is 0 Å². The zero-order chi connectivity index (χ0) is 14.8. The van der Waals surface area contributed by atoms with Crippen LogP contribution < -0.4 is 5.32 Å². The quantitative estimate of drug-likeness (QED) is 0.892. The molecule has 1 saturated carbocycles. The molecule has 0 radical (unpaired) electrons. The Bertz CT molecular complexity index is 639. The number of hydrogen-bond donors (Lipinski definition) is 2. The lowest BCUT2D eigenvalue weighted by Crippen LogP contribution is -2.34. The first kappa shape index (κ1) is 13.8. The number of rotatable bonds is 5. The maximum Gasteiger partial charge on any atom is 0.331 e. The van der Waals surface area contributed by atoms with Crippen LogP contribution in [0.25, 0.3) is 0 Å². The van der Waals surface area contributed by atoms with Crippen LogP contribution in [0.1, 0.15) is 28.8 Å². The molecule has 2 N–H and O–H groups in total. The van der Waals surface area contributed by atoms with Gasteiger partial charge in [0.1, 0.15) is 0 Å². The van der Waals surface area contributed by atoms with Crippen molar-refractivity contribution in [2.45, 2.75) is 18.4 Å². The summed E-state index contributed by atoms with van der Waals surface area (Å²) in [5.41, 5.74) is 1.14. The van der Waals surface area contributed by atoms with Gasteiger partial charge in [0, 0.05) is 10.8 Å². The second-order valence-electron chi connectivity index (χ2n) is 5.15. The minimum absolute atomic E-state index is 0.116. The third-order valence-electron chi connectivity index (χ3n) is 3.72. The molecule has 3 rings (SSSR count). The number of aliphatic carboxylic acids is 1. The number of carboxylic acid groups (broad SMARTS) is 1. The highest BCUT2D eigenvalue weighted by Crippen LogP contribution is 2.47. The molecule has 4 nitrogen and oxygen atoms in total. The topological polar surface area (TPSA) is 66.4 Å². The second-order valence-corrected chi connectivity index (χ2v) is 6.13. The van der Waals surface area contributed by atoms with E-state index in [9.17, 15) is 14.7 Å². The van der Waals surface area contributed by atoms with Gasteiger partial charge in [0.15, 0.2) is 6.04 Å². The van der Waals surface area contributed by atoms with E-state index in [-0.39, 0.29) is 17.7 Å². The summed E-state index contributed by atoms with van der Waals surface area (Å²) in [6.07, 6.45) is 0.784. The standard InChI is InChI=1S/C16H15NO3S/c18-15(12-9-11(12)10-5-2-1-3-6-10)17-14(16(19)20)13-7-4-8-21-13/h1-8,11-12,14H,9H2,(H,17,18)(H,19,20). The number of thiophene rings is 1. The summed E-state index contributed by atoms with van der Waals surface area (Å²) in [4.78, 5) is 24.2. The highest BCUT2D eigenvalue weighted by atomic mass is 32.1. The van der Waals surface area contributed by atoms with Crippen molar-refractivity contribution in [1.82, 2.24) is 5.32 Å². The third-order valence-corrected chi connectivity index (χ3v) is 4.65. The van der Waals surface area contributed by atoms with Gasteiger partial charge in [-0.25, -0.2) is 4.79 Å². The van der Waals surface area contributed by atoms with Crippen molar-refractivity contribution in [1.29, 1.82) is 0 Å². The molecule has 0 aliphatic heterocycles. The third kappa shape index (κ3) is 2.97. The number of nitrogens with one attached hydrogen (secondary N) is 1. The van der Waals surface area contributed by atoms with Gasteiger partial charge in [-0.3, -0.25) is 4.79 Å². The van der Waals surface area contributed by atoms with Gasteiger partial charge in [0.25, 0.3) is 0 Å². The Labute approximate surface area is 126 Å². The Morgan fingerprint density at radius 2 is 1.95 bits per heavy atom. The molecule has 1 aliphatic rings. The van der Waals surface area contributed by atoms with Gasteiger partial charge in [0.05, 0.1) is 0 Å². The van der Waals surface area contributed by atoms with Crippen molar-refractivity contribution in [2.75, 3.05) is 0 Å². The van der Waals surface area contributed by atoms with Crippen LogP contribution in [0.3, 0.4) is 0 Å². The van der Waals surface area contributed by atoms with Crippen molar-refractivity contribution >= 4 is 23.2 Å². The molecule has 1 fully saturated rings. The fourth-order valence-corrected chi connectivity index (χ4v) is 3.28. The van der Waals surface area contributed by atoms with E-state index in [1.54, 1.807) is 17.5 Å². The molecular weight excluding hydrogens is 286 g/mol. The average Bonchev–Trinajstić information content (AvgIpc) is 3.12. The predicted octanol–water partition coefficient (Wildman–Crippen LogP) is 2.79. The van der Waals surface area contributed by atoms with Gasteiger partial charge in [-0.15, -0.1) is 11.3 Å². The molecule has 5 heteroatoms. The van der Waals surface area contributed by atoms with Gasteiger partial charge in [-0.1, -0.05) is 36.4 Å². The summed E-state index contributed by atoms with van der Waals surface area (Å²) in [6.45, 7) is 0. The Balaban J connectivity index is 1.66. The van der Waals surface area contributed by atoms with Crippen LogP contribution >= 0.6 is 11.3 Å². The van der Waals surface area contributed by atoms with Gasteiger partial charge >= 0.3 is 5.97 Å². The molecule has 2 aromatic rings. The minimum Gasteiger partial charge on any atom is -0.479 e.